The van der Waals surface area contributed by atoms with Gasteiger partial charge in [-0.25, -0.2) is 9.97 Å². The molecule has 100 valence electrons. The van der Waals surface area contributed by atoms with Crippen molar-refractivity contribution in [1.82, 2.24) is 9.97 Å². The number of nitrogens with zero attached hydrogens (tertiary/aromatic N) is 2. The molecule has 0 fully saturated rings. The summed E-state index contributed by atoms with van der Waals surface area (Å²) >= 11 is 6.95. The largest absolute Gasteiger partial charge is 0.339 e. The molecule has 0 spiro atoms. The molecule has 0 radical (unpaired) electrons. The summed E-state index contributed by atoms with van der Waals surface area (Å²) in [4.78, 5) is 8.99. The minimum atomic E-state index is -0.0892. The van der Waals surface area contributed by atoms with Crippen LogP contribution in [0.1, 0.15) is 26.6 Å². The maximum atomic E-state index is 4.57. The fraction of sp³-hybridized carbons (Fsp3) is 0.286. The zero-order valence-corrected chi connectivity index (χ0v) is 14.2. The Morgan fingerprint density at radius 2 is 1.74 bits per heavy atom. The van der Waals surface area contributed by atoms with E-state index in [0.717, 1.165) is 26.4 Å². The summed E-state index contributed by atoms with van der Waals surface area (Å²) in [6, 6.07) is 9.81. The van der Waals surface area contributed by atoms with Crippen LogP contribution in [0.25, 0.3) is 0 Å². The number of hydrogen-bond donors (Lipinski definition) is 1. The van der Waals surface area contributed by atoms with E-state index in [1.54, 1.807) is 0 Å². The highest BCUT2D eigenvalue weighted by molar-refractivity contribution is 9.10. The molecule has 0 aliphatic rings. The maximum absolute atomic E-state index is 4.57. The van der Waals surface area contributed by atoms with Crippen LogP contribution < -0.4 is 5.32 Å². The SMILES string of the molecule is CC(C)(C)c1nc(Br)cc(Nc2ccccc2Br)n1. The van der Waals surface area contributed by atoms with Gasteiger partial charge in [0.05, 0.1) is 5.69 Å². The number of para-hydroxylation sites is 1. The molecule has 0 saturated carbocycles. The van der Waals surface area contributed by atoms with Crippen LogP contribution in [0.2, 0.25) is 0 Å². The molecule has 0 aliphatic heterocycles. The Kier molecular flexibility index (Phi) is 4.26. The summed E-state index contributed by atoms with van der Waals surface area (Å²) in [5, 5.41) is 3.30. The molecule has 3 nitrogen and oxygen atoms in total. The van der Waals surface area contributed by atoms with Crippen LogP contribution >= 0.6 is 31.9 Å². The number of aromatic nitrogens is 2. The summed E-state index contributed by atoms with van der Waals surface area (Å²) in [7, 11) is 0. The van der Waals surface area contributed by atoms with Gasteiger partial charge in [-0.05, 0) is 44.0 Å². The first-order valence-electron chi connectivity index (χ1n) is 5.93. The smallest absolute Gasteiger partial charge is 0.137 e. The van der Waals surface area contributed by atoms with Crippen molar-refractivity contribution >= 4 is 43.4 Å². The molecule has 1 heterocycles. The zero-order valence-electron chi connectivity index (χ0n) is 11.0. The molecule has 1 N–H and O–H groups in total. The second-order valence-electron chi connectivity index (χ2n) is 5.25. The first kappa shape index (κ1) is 14.5. The lowest BCUT2D eigenvalue weighted by atomic mass is 9.96. The second kappa shape index (κ2) is 5.59. The van der Waals surface area contributed by atoms with Crippen molar-refractivity contribution in [2.24, 2.45) is 0 Å². The normalized spacial score (nSPS) is 11.4. The van der Waals surface area contributed by atoms with E-state index in [1.165, 1.54) is 0 Å². The van der Waals surface area contributed by atoms with Crippen LogP contribution in [-0.4, -0.2) is 9.97 Å². The summed E-state index contributed by atoms with van der Waals surface area (Å²) in [5.74, 6) is 1.58. The van der Waals surface area contributed by atoms with Crippen molar-refractivity contribution in [3.8, 4) is 0 Å². The molecule has 2 aromatic rings. The fourth-order valence-corrected chi connectivity index (χ4v) is 2.29. The Bertz CT molecular complexity index is 591. The third kappa shape index (κ3) is 3.76. The van der Waals surface area contributed by atoms with E-state index in [0.29, 0.717) is 0 Å². The van der Waals surface area contributed by atoms with Crippen LogP contribution in [0.3, 0.4) is 0 Å². The van der Waals surface area contributed by atoms with Crippen molar-refractivity contribution in [2.45, 2.75) is 26.2 Å². The first-order valence-corrected chi connectivity index (χ1v) is 7.51. The Morgan fingerprint density at radius 1 is 1.05 bits per heavy atom. The van der Waals surface area contributed by atoms with E-state index in [9.17, 15) is 0 Å². The molecule has 5 heteroatoms. The van der Waals surface area contributed by atoms with Gasteiger partial charge in [0.1, 0.15) is 16.2 Å². The van der Waals surface area contributed by atoms with Crippen LogP contribution in [0.4, 0.5) is 11.5 Å². The lowest BCUT2D eigenvalue weighted by molar-refractivity contribution is 0.544. The molecule has 1 aromatic heterocycles. The fourth-order valence-electron chi connectivity index (χ4n) is 1.52. The van der Waals surface area contributed by atoms with Gasteiger partial charge in [-0.2, -0.15) is 0 Å². The quantitative estimate of drug-likeness (QED) is 0.736. The molecular weight excluding hydrogens is 370 g/mol. The van der Waals surface area contributed by atoms with E-state index in [4.69, 9.17) is 0 Å². The molecule has 0 aliphatic carbocycles. The molecule has 19 heavy (non-hydrogen) atoms. The van der Waals surface area contributed by atoms with Crippen LogP contribution in [0.5, 0.6) is 0 Å². The lowest BCUT2D eigenvalue weighted by Gasteiger charge is -2.18. The van der Waals surface area contributed by atoms with Crippen molar-refractivity contribution < 1.29 is 0 Å². The third-order valence-electron chi connectivity index (χ3n) is 2.50. The Balaban J connectivity index is 2.36. The molecule has 1 aromatic carbocycles. The summed E-state index contributed by atoms with van der Waals surface area (Å²) < 4.78 is 1.78. The predicted molar refractivity (Wildman–Crippen MR) is 85.9 cm³/mol. The van der Waals surface area contributed by atoms with Gasteiger partial charge in [-0.15, -0.1) is 0 Å². The van der Waals surface area contributed by atoms with Gasteiger partial charge in [0, 0.05) is 16.0 Å². The van der Waals surface area contributed by atoms with Crippen LogP contribution in [0, 0.1) is 0 Å². The molecule has 0 bridgehead atoms. The monoisotopic (exact) mass is 383 g/mol. The number of hydrogen-bond acceptors (Lipinski definition) is 3. The average molecular weight is 385 g/mol. The van der Waals surface area contributed by atoms with E-state index >= 15 is 0 Å². The Labute approximate surface area is 130 Å². The van der Waals surface area contributed by atoms with Gasteiger partial charge in [0.25, 0.3) is 0 Å². The maximum Gasteiger partial charge on any atom is 0.137 e. The topological polar surface area (TPSA) is 37.8 Å². The van der Waals surface area contributed by atoms with Crippen molar-refractivity contribution in [2.75, 3.05) is 5.32 Å². The number of benzene rings is 1. The zero-order chi connectivity index (χ0) is 14.0. The van der Waals surface area contributed by atoms with Gasteiger partial charge in [-0.3, -0.25) is 0 Å². The Morgan fingerprint density at radius 3 is 2.37 bits per heavy atom. The van der Waals surface area contributed by atoms with Gasteiger partial charge in [0.2, 0.25) is 0 Å². The van der Waals surface area contributed by atoms with E-state index in [2.05, 4.69) is 67.9 Å². The van der Waals surface area contributed by atoms with E-state index in [-0.39, 0.29) is 5.41 Å². The average Bonchev–Trinajstić information content (AvgIpc) is 2.30. The standard InChI is InChI=1S/C14H15Br2N3/c1-14(2,3)13-18-11(16)8-12(19-13)17-10-7-5-4-6-9(10)15/h4-8H,1-3H3,(H,17,18,19). The first-order chi connectivity index (χ1) is 8.86. The van der Waals surface area contributed by atoms with Crippen molar-refractivity contribution in [1.29, 1.82) is 0 Å². The molecule has 2 rings (SSSR count). The molecule has 0 atom stereocenters. The highest BCUT2D eigenvalue weighted by Gasteiger charge is 2.18. The van der Waals surface area contributed by atoms with Crippen molar-refractivity contribution in [3.63, 3.8) is 0 Å². The van der Waals surface area contributed by atoms with E-state index < -0.39 is 0 Å². The highest BCUT2D eigenvalue weighted by Crippen LogP contribution is 2.27. The Hall–Kier alpha value is -0.940. The number of rotatable bonds is 2. The minimum absolute atomic E-state index is 0.0892. The minimum Gasteiger partial charge on any atom is -0.339 e. The van der Waals surface area contributed by atoms with E-state index in [1.807, 2.05) is 30.3 Å². The van der Waals surface area contributed by atoms with Gasteiger partial charge >= 0.3 is 0 Å². The van der Waals surface area contributed by atoms with Crippen LogP contribution in [-0.2, 0) is 5.41 Å². The number of nitrogens with one attached hydrogen (secondary N) is 1. The van der Waals surface area contributed by atoms with Gasteiger partial charge < -0.3 is 5.32 Å². The van der Waals surface area contributed by atoms with Crippen LogP contribution in [0.15, 0.2) is 39.4 Å². The summed E-state index contributed by atoms with van der Waals surface area (Å²) in [6.07, 6.45) is 0. The molecule has 0 amide bonds. The second-order valence-corrected chi connectivity index (χ2v) is 6.92. The number of anilines is 2. The van der Waals surface area contributed by atoms with Gasteiger partial charge in [0.15, 0.2) is 0 Å². The lowest BCUT2D eigenvalue weighted by Crippen LogP contribution is -2.16. The van der Waals surface area contributed by atoms with Gasteiger partial charge in [-0.1, -0.05) is 32.9 Å². The summed E-state index contributed by atoms with van der Waals surface area (Å²) in [5.41, 5.74) is 0.890. The third-order valence-corrected chi connectivity index (χ3v) is 3.60. The molecular formula is C14H15Br2N3. The van der Waals surface area contributed by atoms with Crippen molar-refractivity contribution in [3.05, 3.63) is 45.2 Å². The summed E-state index contributed by atoms with van der Waals surface area (Å²) in [6.45, 7) is 6.28. The molecule has 0 saturated heterocycles. The predicted octanol–water partition coefficient (Wildman–Crippen LogP) is 5.04. The number of halogens is 2. The highest BCUT2D eigenvalue weighted by atomic mass is 79.9. The molecule has 0 unspecified atom stereocenters.